The summed E-state index contributed by atoms with van der Waals surface area (Å²) >= 11 is 0. The summed E-state index contributed by atoms with van der Waals surface area (Å²) in [4.78, 5) is 6.31. The van der Waals surface area contributed by atoms with Crippen molar-refractivity contribution in [2.24, 2.45) is 16.8 Å². The molecule has 0 radical (unpaired) electrons. The molecule has 3 heterocycles. The number of allylic oxidation sites excluding steroid dienone is 5. The van der Waals surface area contributed by atoms with Gasteiger partial charge in [-0.2, -0.15) is 5.26 Å². The Morgan fingerprint density at radius 3 is 2.76 bits per heavy atom. The molecule has 4 rings (SSSR count). The number of aliphatic hydroxyl groups excluding tert-OH is 2. The minimum atomic E-state index is -0.975. The quantitative estimate of drug-likeness (QED) is 0.638. The van der Waals surface area contributed by atoms with Crippen LogP contribution in [0.3, 0.4) is 0 Å². The molecular weight excluding hydrogens is 368 g/mol. The van der Waals surface area contributed by atoms with Gasteiger partial charge in [0.25, 0.3) is 0 Å². The van der Waals surface area contributed by atoms with Crippen LogP contribution in [-0.4, -0.2) is 58.1 Å². The van der Waals surface area contributed by atoms with E-state index in [2.05, 4.69) is 46.5 Å². The lowest BCUT2D eigenvalue weighted by Crippen LogP contribution is -2.46. The van der Waals surface area contributed by atoms with Gasteiger partial charge in [0.2, 0.25) is 0 Å². The first-order chi connectivity index (χ1) is 14.0. The standard InChI is InChI=1S/C21H24N6O2/c1-12(2)13-3-5-16-14(7-13)9-23-20(16)21(29)24-17-10-27(11-18(17)28)19-6-4-15(8-22)25-26-19/h3-7,9,12,14,17-18,21,24,28-29H,10-11H2,1-2H3/t14?,17-,18-,21?/m1/s1. The fourth-order valence-electron chi connectivity index (χ4n) is 3.85. The fourth-order valence-corrected chi connectivity index (χ4v) is 3.85. The number of aliphatic imine (C=N–C) groups is 1. The molecule has 1 aromatic rings. The second-order valence-corrected chi connectivity index (χ2v) is 7.84. The smallest absolute Gasteiger partial charge is 0.163 e. The van der Waals surface area contributed by atoms with Crippen molar-refractivity contribution in [3.63, 3.8) is 0 Å². The van der Waals surface area contributed by atoms with Gasteiger partial charge in [-0.25, -0.2) is 0 Å². The first-order valence-electron chi connectivity index (χ1n) is 9.75. The minimum Gasteiger partial charge on any atom is -0.390 e. The van der Waals surface area contributed by atoms with E-state index in [-0.39, 0.29) is 17.7 Å². The predicted octanol–water partition coefficient (Wildman–Crippen LogP) is 0.913. The third kappa shape index (κ3) is 3.85. The molecule has 8 heteroatoms. The fraction of sp³-hybridized carbons (Fsp3) is 0.429. The maximum atomic E-state index is 10.7. The monoisotopic (exact) mass is 392 g/mol. The molecule has 3 N–H and O–H groups in total. The molecule has 150 valence electrons. The summed E-state index contributed by atoms with van der Waals surface area (Å²) in [6.45, 7) is 5.13. The highest BCUT2D eigenvalue weighted by molar-refractivity contribution is 5.77. The van der Waals surface area contributed by atoms with Crippen molar-refractivity contribution in [2.45, 2.75) is 32.2 Å². The minimum absolute atomic E-state index is 0.0859. The first-order valence-corrected chi connectivity index (χ1v) is 9.75. The average molecular weight is 392 g/mol. The molecule has 4 atom stereocenters. The maximum Gasteiger partial charge on any atom is 0.163 e. The molecule has 29 heavy (non-hydrogen) atoms. The number of fused-ring (bicyclic) bond motifs is 1. The summed E-state index contributed by atoms with van der Waals surface area (Å²) in [6.07, 6.45) is 6.48. The van der Waals surface area contributed by atoms with Crippen LogP contribution in [0.25, 0.3) is 0 Å². The topological polar surface area (TPSA) is 118 Å². The molecule has 1 saturated heterocycles. The Labute approximate surface area is 169 Å². The van der Waals surface area contributed by atoms with Gasteiger partial charge in [0.05, 0.1) is 17.8 Å². The number of β-amino-alcohol motifs (C(OH)–C–C–N with tert-alkyl or cyclic N) is 1. The van der Waals surface area contributed by atoms with Crippen molar-refractivity contribution in [1.82, 2.24) is 15.5 Å². The van der Waals surface area contributed by atoms with E-state index in [4.69, 9.17) is 5.26 Å². The molecule has 2 aliphatic heterocycles. The summed E-state index contributed by atoms with van der Waals surface area (Å²) in [5.41, 5.74) is 3.08. The molecule has 0 saturated carbocycles. The van der Waals surface area contributed by atoms with Crippen molar-refractivity contribution < 1.29 is 10.2 Å². The van der Waals surface area contributed by atoms with Gasteiger partial charge in [-0.3, -0.25) is 10.3 Å². The van der Waals surface area contributed by atoms with Crippen molar-refractivity contribution in [2.75, 3.05) is 18.0 Å². The van der Waals surface area contributed by atoms with Gasteiger partial charge in [0, 0.05) is 25.2 Å². The predicted molar refractivity (Wildman–Crippen MR) is 109 cm³/mol. The maximum absolute atomic E-state index is 10.7. The Balaban J connectivity index is 1.43. The van der Waals surface area contributed by atoms with Crippen LogP contribution in [-0.2, 0) is 0 Å². The Kier molecular flexibility index (Phi) is 5.28. The van der Waals surface area contributed by atoms with E-state index in [1.165, 1.54) is 5.57 Å². The van der Waals surface area contributed by atoms with Crippen LogP contribution < -0.4 is 10.2 Å². The number of anilines is 1. The van der Waals surface area contributed by atoms with Crippen LogP contribution in [0.5, 0.6) is 0 Å². The van der Waals surface area contributed by atoms with Gasteiger partial charge >= 0.3 is 0 Å². The van der Waals surface area contributed by atoms with E-state index >= 15 is 0 Å². The van der Waals surface area contributed by atoms with E-state index in [0.717, 1.165) is 5.57 Å². The van der Waals surface area contributed by atoms with Crippen molar-refractivity contribution in [3.8, 4) is 6.07 Å². The first kappa shape index (κ1) is 19.5. The number of nitrogens with zero attached hydrogens (tertiary/aromatic N) is 5. The van der Waals surface area contributed by atoms with Crippen molar-refractivity contribution >= 4 is 12.0 Å². The Bertz CT molecular complexity index is 941. The second kappa shape index (κ2) is 7.87. The number of aromatic nitrogens is 2. The number of rotatable bonds is 5. The SMILES string of the molecule is CC(C)C1=CC2C=NC(C(O)N[C@@H]3CN(c4ccc(C#N)nn4)C[C@H]3O)=C2C=C1. The van der Waals surface area contributed by atoms with Gasteiger partial charge in [0.1, 0.15) is 12.3 Å². The van der Waals surface area contributed by atoms with Gasteiger partial charge < -0.3 is 15.1 Å². The van der Waals surface area contributed by atoms with Crippen LogP contribution >= 0.6 is 0 Å². The normalized spacial score (nSPS) is 26.7. The van der Waals surface area contributed by atoms with E-state index in [1.54, 1.807) is 12.1 Å². The molecule has 1 aromatic heterocycles. The molecule has 1 fully saturated rings. The molecule has 0 bridgehead atoms. The Morgan fingerprint density at radius 1 is 1.24 bits per heavy atom. The molecule has 2 unspecified atom stereocenters. The molecule has 3 aliphatic rings. The van der Waals surface area contributed by atoms with Crippen LogP contribution in [0, 0.1) is 23.2 Å². The molecular formula is C21H24N6O2. The number of nitriles is 1. The summed E-state index contributed by atoms with van der Waals surface area (Å²) < 4.78 is 0. The summed E-state index contributed by atoms with van der Waals surface area (Å²) in [5, 5.41) is 41.0. The van der Waals surface area contributed by atoms with Gasteiger partial charge in [-0.1, -0.05) is 32.1 Å². The van der Waals surface area contributed by atoms with E-state index < -0.39 is 12.3 Å². The van der Waals surface area contributed by atoms with Crippen molar-refractivity contribution in [1.29, 1.82) is 5.26 Å². The highest BCUT2D eigenvalue weighted by Gasteiger charge is 2.35. The van der Waals surface area contributed by atoms with Gasteiger partial charge in [-0.15, -0.1) is 10.2 Å². The molecule has 8 nitrogen and oxygen atoms in total. The number of nitrogens with one attached hydrogen (secondary N) is 1. The third-order valence-electron chi connectivity index (χ3n) is 5.53. The molecule has 0 aromatic carbocycles. The molecule has 1 aliphatic carbocycles. The number of aliphatic hydroxyl groups is 2. The van der Waals surface area contributed by atoms with E-state index in [0.29, 0.717) is 30.5 Å². The highest BCUT2D eigenvalue weighted by atomic mass is 16.3. The van der Waals surface area contributed by atoms with Crippen LogP contribution in [0.15, 0.2) is 52.2 Å². The van der Waals surface area contributed by atoms with Gasteiger partial charge in [0.15, 0.2) is 11.5 Å². The second-order valence-electron chi connectivity index (χ2n) is 7.84. The molecule has 0 amide bonds. The Hall–Kier alpha value is -2.86. The van der Waals surface area contributed by atoms with Crippen LogP contribution in [0.2, 0.25) is 0 Å². The highest BCUT2D eigenvalue weighted by Crippen LogP contribution is 2.32. The molecule has 0 spiro atoms. The lowest BCUT2D eigenvalue weighted by atomic mass is 9.88. The van der Waals surface area contributed by atoms with Crippen molar-refractivity contribution in [3.05, 3.63) is 52.9 Å². The summed E-state index contributed by atoms with van der Waals surface area (Å²) in [6, 6.07) is 4.89. The van der Waals surface area contributed by atoms with Crippen LogP contribution in [0.1, 0.15) is 19.5 Å². The summed E-state index contributed by atoms with van der Waals surface area (Å²) in [5.74, 6) is 1.12. The number of hydrogen-bond donors (Lipinski definition) is 3. The average Bonchev–Trinajstić information content (AvgIpc) is 3.31. The zero-order chi connectivity index (χ0) is 20.5. The zero-order valence-corrected chi connectivity index (χ0v) is 16.4. The van der Waals surface area contributed by atoms with E-state index in [9.17, 15) is 10.2 Å². The van der Waals surface area contributed by atoms with Crippen LogP contribution in [0.4, 0.5) is 5.82 Å². The largest absolute Gasteiger partial charge is 0.390 e. The van der Waals surface area contributed by atoms with Gasteiger partial charge in [-0.05, 0) is 29.2 Å². The number of hydrogen-bond acceptors (Lipinski definition) is 8. The Morgan fingerprint density at radius 2 is 2.07 bits per heavy atom. The summed E-state index contributed by atoms with van der Waals surface area (Å²) in [7, 11) is 0. The lowest BCUT2D eigenvalue weighted by Gasteiger charge is -2.22. The van der Waals surface area contributed by atoms with E-state index in [1.807, 2.05) is 23.3 Å². The lowest BCUT2D eigenvalue weighted by molar-refractivity contribution is 0.105. The zero-order valence-electron chi connectivity index (χ0n) is 16.4. The third-order valence-corrected chi connectivity index (χ3v) is 5.53.